The van der Waals surface area contributed by atoms with E-state index in [1.807, 2.05) is 26.0 Å². The molecule has 0 aliphatic rings. The Morgan fingerprint density at radius 3 is 1.74 bits per heavy atom. The average molecular weight is 533 g/mol. The monoisotopic (exact) mass is 532 g/mol. The maximum atomic E-state index is 11.3. The number of hydrogen-bond acceptors (Lipinski definition) is 6. The quantitative estimate of drug-likeness (QED) is 0.119. The second kappa shape index (κ2) is 13.7. The first-order chi connectivity index (χ1) is 14.9. The summed E-state index contributed by atoms with van der Waals surface area (Å²) in [6.45, 7) is 5.38. The van der Waals surface area contributed by atoms with Crippen molar-refractivity contribution in [3.8, 4) is 0 Å². The molecule has 3 rings (SSSR count). The van der Waals surface area contributed by atoms with Gasteiger partial charge in [-0.25, -0.2) is 0 Å². The van der Waals surface area contributed by atoms with Gasteiger partial charge in [0, 0.05) is 23.2 Å². The molecule has 0 fully saturated rings. The Bertz CT molecular complexity index is 1050. The van der Waals surface area contributed by atoms with Crippen LogP contribution >= 0.6 is 9.53 Å². The van der Waals surface area contributed by atoms with Crippen molar-refractivity contribution in [2.45, 2.75) is 20.8 Å². The summed E-state index contributed by atoms with van der Waals surface area (Å²) in [7, 11) is 6.96. The second-order valence-corrected chi connectivity index (χ2v) is 6.32. The number of aromatic nitrogens is 2. The molecule has 0 bridgehead atoms. The maximum absolute atomic E-state index is 11.3. The largest absolute Gasteiger partial charge is 0.254 e. The molecule has 2 heterocycles. The molecule has 6 nitrogen and oxygen atoms in total. The Morgan fingerprint density at radius 2 is 1.35 bits per heavy atom. The zero-order chi connectivity index (χ0) is 23.4. The fraction of sp³-hybridized carbons (Fsp3) is 0.217. The number of ether oxygens (including phenoxy) is 2. The van der Waals surface area contributed by atoms with E-state index < -0.39 is 11.9 Å². The Hall–Kier alpha value is -2.59. The number of allylic oxidation sites excluding steroid dienone is 1. The third-order valence-corrected chi connectivity index (χ3v) is 4.27. The van der Waals surface area contributed by atoms with Gasteiger partial charge in [-0.15, -0.1) is 11.1 Å². The van der Waals surface area contributed by atoms with Crippen molar-refractivity contribution in [3.63, 3.8) is 0 Å². The topological polar surface area (TPSA) is 78.4 Å². The van der Waals surface area contributed by atoms with E-state index in [4.69, 9.17) is 0 Å². The van der Waals surface area contributed by atoms with Crippen LogP contribution in [0, 0.1) is 6.08 Å². The normalized spacial score (nSPS) is 10.3. The van der Waals surface area contributed by atoms with E-state index in [1.165, 1.54) is 14.2 Å². The first kappa shape index (κ1) is 26.4. The van der Waals surface area contributed by atoms with Gasteiger partial charge in [0.15, 0.2) is 0 Å². The molecule has 31 heavy (non-hydrogen) atoms. The number of carbonyl (C=O) groups is 2. The second-order valence-electron chi connectivity index (χ2n) is 6.32. The summed E-state index contributed by atoms with van der Waals surface area (Å²) in [6, 6.07) is 12.1. The number of methoxy groups -OCH3 is 2. The van der Waals surface area contributed by atoms with E-state index in [-0.39, 0.29) is 5.57 Å². The Labute approximate surface area is 196 Å². The molecule has 8 heteroatoms. The predicted molar refractivity (Wildman–Crippen MR) is 118 cm³/mol. The van der Waals surface area contributed by atoms with Gasteiger partial charge < -0.3 is 14.3 Å². The molecule has 0 amide bonds. The van der Waals surface area contributed by atoms with Gasteiger partial charge in [0.1, 0.15) is 0 Å². The van der Waals surface area contributed by atoms with Crippen LogP contribution < -0.4 is 0 Å². The zero-order valence-electron chi connectivity index (χ0n) is 17.8. The molecule has 2 aromatic heterocycles. The van der Waals surface area contributed by atoms with E-state index in [9.17, 15) is 9.59 Å². The standard InChI is InChI=1S/C12H8N2.C11H15O4.ClH.Pd/c1-3-9-5-6-10-4-2-8-14-12(10)11(9)13-7-1;1-7(2)8(3)9(11(13)15-5)6-10(12)14-4;;/h1-8H;1-5H3;1H;/q;-1;;+2/p-1. The Morgan fingerprint density at radius 1 is 0.871 bits per heavy atom. The van der Waals surface area contributed by atoms with Crippen molar-refractivity contribution in [1.29, 1.82) is 0 Å². The molecule has 0 unspecified atom stereocenters. The molecule has 0 atom stereocenters. The predicted octanol–water partition coefficient (Wildman–Crippen LogP) is 4.89. The number of fused-ring (bicyclic) bond motifs is 3. The summed E-state index contributed by atoms with van der Waals surface area (Å²) < 4.78 is 8.95. The van der Waals surface area contributed by atoms with Gasteiger partial charge in [-0.3, -0.25) is 14.8 Å². The number of rotatable bonds is 3. The number of esters is 2. The SMILES string of the molecule is COC(=O)[C-]=C(C(=O)OC)C(C)=C(C)C.[Cl][Pd+].c1cnc2c(c1)ccc1cccnc12. The van der Waals surface area contributed by atoms with E-state index in [0.717, 1.165) is 27.4 Å². The number of carbonyl (C=O) groups excluding carboxylic acids is 2. The summed E-state index contributed by atoms with van der Waals surface area (Å²) in [5.41, 5.74) is 3.62. The average Bonchev–Trinajstić information content (AvgIpc) is 2.82. The minimum atomic E-state index is -0.698. The molecule has 3 aromatic rings. The van der Waals surface area contributed by atoms with Crippen molar-refractivity contribution >= 4 is 43.3 Å². The minimum Gasteiger partial charge on any atom is -0.254 e. The van der Waals surface area contributed by atoms with E-state index in [2.05, 4.69) is 77.5 Å². The number of benzene rings is 1. The van der Waals surface area contributed by atoms with Crippen LogP contribution in [0.3, 0.4) is 0 Å². The third kappa shape index (κ3) is 7.55. The van der Waals surface area contributed by atoms with Gasteiger partial charge in [0.2, 0.25) is 5.97 Å². The molecule has 166 valence electrons. The van der Waals surface area contributed by atoms with Crippen LogP contribution in [0.2, 0.25) is 0 Å². The van der Waals surface area contributed by atoms with Crippen LogP contribution in [0.25, 0.3) is 21.8 Å². The van der Waals surface area contributed by atoms with Crippen molar-refractivity contribution in [2.75, 3.05) is 14.2 Å². The molecule has 0 saturated heterocycles. The van der Waals surface area contributed by atoms with Crippen LogP contribution in [0.5, 0.6) is 0 Å². The van der Waals surface area contributed by atoms with Gasteiger partial charge in [0.25, 0.3) is 5.97 Å². The first-order valence-electron chi connectivity index (χ1n) is 9.04. The Kier molecular flexibility index (Phi) is 11.7. The van der Waals surface area contributed by atoms with Gasteiger partial charge in [-0.05, 0) is 12.1 Å². The summed E-state index contributed by atoms with van der Waals surface area (Å²) >= 11 is 2.22. The molecule has 0 aliphatic heterocycles. The van der Waals surface area contributed by atoms with Crippen molar-refractivity contribution in [1.82, 2.24) is 9.97 Å². The maximum Gasteiger partial charge on any atom is 0.0964 e. The van der Waals surface area contributed by atoms with E-state index in [1.54, 1.807) is 19.3 Å². The summed E-state index contributed by atoms with van der Waals surface area (Å²) in [5.74, 6) is -1.30. The van der Waals surface area contributed by atoms with Gasteiger partial charge in [-0.2, -0.15) is 0 Å². The van der Waals surface area contributed by atoms with Crippen molar-refractivity contribution in [2.24, 2.45) is 0 Å². The van der Waals surface area contributed by atoms with Crippen LogP contribution in [0.15, 0.2) is 65.5 Å². The van der Waals surface area contributed by atoms with Crippen LogP contribution in [0.1, 0.15) is 20.8 Å². The molecule has 0 spiro atoms. The molecular weight excluding hydrogens is 510 g/mol. The fourth-order valence-corrected chi connectivity index (χ4v) is 2.48. The zero-order valence-corrected chi connectivity index (χ0v) is 20.2. The first-order valence-corrected chi connectivity index (χ1v) is 11.0. The van der Waals surface area contributed by atoms with Crippen LogP contribution in [-0.4, -0.2) is 36.1 Å². The molecule has 0 aliphatic carbocycles. The number of hydrogen-bond donors (Lipinski definition) is 0. The minimum absolute atomic E-state index is 0.101. The summed E-state index contributed by atoms with van der Waals surface area (Å²) in [5, 5.41) is 2.28. The molecule has 0 N–H and O–H groups in total. The third-order valence-electron chi connectivity index (χ3n) is 4.27. The summed E-state index contributed by atoms with van der Waals surface area (Å²) in [6.07, 6.45) is 5.93. The Balaban J connectivity index is 0.000000287. The van der Waals surface area contributed by atoms with Crippen molar-refractivity contribution in [3.05, 3.63) is 71.6 Å². The van der Waals surface area contributed by atoms with E-state index >= 15 is 0 Å². The summed E-state index contributed by atoms with van der Waals surface area (Å²) in [4.78, 5) is 31.0. The number of halogens is 1. The van der Waals surface area contributed by atoms with E-state index in [0.29, 0.717) is 5.57 Å². The van der Waals surface area contributed by atoms with Crippen LogP contribution in [-0.2, 0) is 37.2 Å². The molecule has 0 saturated carbocycles. The smallest absolute Gasteiger partial charge is 0.0964 e. The number of nitrogens with zero attached hydrogens (tertiary/aromatic N) is 2. The fourth-order valence-electron chi connectivity index (χ4n) is 2.48. The van der Waals surface area contributed by atoms with Crippen molar-refractivity contribution < 1.29 is 37.2 Å². The van der Waals surface area contributed by atoms with Gasteiger partial charge in [-0.1, -0.05) is 56.7 Å². The molecule has 0 radical (unpaired) electrons. The number of pyridine rings is 2. The molecular formula is C23H23ClN2O4Pd. The van der Waals surface area contributed by atoms with Gasteiger partial charge in [0.05, 0.1) is 25.3 Å². The van der Waals surface area contributed by atoms with Gasteiger partial charge >= 0.3 is 27.7 Å². The van der Waals surface area contributed by atoms with Crippen LogP contribution in [0.4, 0.5) is 0 Å². The molecule has 1 aromatic carbocycles.